The highest BCUT2D eigenvalue weighted by molar-refractivity contribution is 7.79. The Morgan fingerprint density at radius 3 is 2.71 bits per heavy atom. The van der Waals surface area contributed by atoms with E-state index in [0.717, 1.165) is 12.8 Å². The van der Waals surface area contributed by atoms with Gasteiger partial charge in [0.1, 0.15) is 5.78 Å². The molecular weight excluding hydrogens is 200 g/mol. The van der Waals surface area contributed by atoms with Crippen LogP contribution in [0.15, 0.2) is 0 Å². The van der Waals surface area contributed by atoms with E-state index in [1.165, 1.54) is 0 Å². The van der Waals surface area contributed by atoms with Gasteiger partial charge in [-0.2, -0.15) is 0 Å². The highest BCUT2D eigenvalue weighted by Crippen LogP contribution is 2.82. The Kier molecular flexibility index (Phi) is 1.48. The van der Waals surface area contributed by atoms with Gasteiger partial charge in [0.15, 0.2) is 0 Å². The van der Waals surface area contributed by atoms with Crippen molar-refractivity contribution in [1.82, 2.24) is 0 Å². The maximum atomic E-state index is 11.6. The van der Waals surface area contributed by atoms with Gasteiger partial charge in [0.25, 0.3) is 0 Å². The van der Waals surface area contributed by atoms with Crippen molar-refractivity contribution in [1.29, 1.82) is 0 Å². The number of hydrogen-bond donors (Lipinski definition) is 0. The summed E-state index contributed by atoms with van der Waals surface area (Å²) >= 11 is -2.00. The highest BCUT2D eigenvalue weighted by Gasteiger charge is 2.82. The molecule has 14 heavy (non-hydrogen) atoms. The van der Waals surface area contributed by atoms with Crippen molar-refractivity contribution in [3.8, 4) is 0 Å². The minimum Gasteiger partial charge on any atom is -0.772 e. The second-order valence-electron chi connectivity index (χ2n) is 5.10. The number of Topliss-reactive ketones (excluding diaryl/α,β-unsaturated/α-hetero) is 1. The summed E-state index contributed by atoms with van der Waals surface area (Å²) < 4.78 is 21.6. The molecule has 0 radical (unpaired) electrons. The zero-order valence-corrected chi connectivity index (χ0v) is 8.93. The van der Waals surface area contributed by atoms with Gasteiger partial charge in [-0.1, -0.05) is 18.0 Å². The summed E-state index contributed by atoms with van der Waals surface area (Å²) in [6.45, 7) is 2.11. The van der Waals surface area contributed by atoms with Crippen LogP contribution < -0.4 is 0 Å². The zero-order valence-electron chi connectivity index (χ0n) is 8.12. The van der Waals surface area contributed by atoms with E-state index in [2.05, 4.69) is 6.92 Å². The topological polar surface area (TPSA) is 57.2 Å². The molecule has 0 bridgehead atoms. The van der Waals surface area contributed by atoms with Crippen molar-refractivity contribution in [3.63, 3.8) is 0 Å². The summed E-state index contributed by atoms with van der Waals surface area (Å²) in [4.78, 5) is 11.6. The van der Waals surface area contributed by atoms with Gasteiger partial charge in [0.2, 0.25) is 0 Å². The first-order valence-corrected chi connectivity index (χ1v) is 6.38. The highest BCUT2D eigenvalue weighted by atomic mass is 32.2. The molecule has 78 valence electrons. The quantitative estimate of drug-likeness (QED) is 0.639. The van der Waals surface area contributed by atoms with Gasteiger partial charge in [-0.3, -0.25) is 9.00 Å². The molecule has 3 rings (SSSR count). The van der Waals surface area contributed by atoms with Gasteiger partial charge < -0.3 is 4.55 Å². The first-order chi connectivity index (χ1) is 6.54. The van der Waals surface area contributed by atoms with Crippen molar-refractivity contribution in [2.75, 3.05) is 5.75 Å². The second kappa shape index (κ2) is 2.30. The Morgan fingerprint density at radius 2 is 2.29 bits per heavy atom. The number of ketones is 1. The van der Waals surface area contributed by atoms with Crippen LogP contribution in [0.2, 0.25) is 0 Å². The monoisotopic (exact) mass is 213 g/mol. The van der Waals surface area contributed by atoms with Gasteiger partial charge in [-0.25, -0.2) is 0 Å². The molecule has 4 heteroatoms. The first-order valence-electron chi connectivity index (χ1n) is 5.14. The van der Waals surface area contributed by atoms with Gasteiger partial charge in [0, 0.05) is 17.6 Å². The van der Waals surface area contributed by atoms with E-state index >= 15 is 0 Å². The maximum absolute atomic E-state index is 11.6. The molecule has 0 heterocycles. The molecule has 3 aliphatic rings. The Balaban J connectivity index is 1.93. The molecule has 3 fully saturated rings. The molecule has 5 unspecified atom stereocenters. The van der Waals surface area contributed by atoms with Crippen molar-refractivity contribution >= 4 is 16.9 Å². The molecule has 0 saturated heterocycles. The summed E-state index contributed by atoms with van der Waals surface area (Å²) in [6.07, 6.45) is 2.58. The fourth-order valence-electron chi connectivity index (χ4n) is 4.39. The third kappa shape index (κ3) is 0.626. The van der Waals surface area contributed by atoms with Crippen LogP contribution in [-0.4, -0.2) is 20.3 Å². The summed E-state index contributed by atoms with van der Waals surface area (Å²) in [5.74, 6) is 1.48. The third-order valence-electron chi connectivity index (χ3n) is 5.24. The average molecular weight is 213 g/mol. The summed E-state index contributed by atoms with van der Waals surface area (Å²) in [5, 5.41) is 0. The Labute approximate surface area is 85.5 Å². The van der Waals surface area contributed by atoms with Crippen LogP contribution in [0.5, 0.6) is 0 Å². The number of rotatable bonds is 2. The lowest BCUT2D eigenvalue weighted by atomic mass is 9.22. The largest absolute Gasteiger partial charge is 0.772 e. The van der Waals surface area contributed by atoms with Crippen molar-refractivity contribution in [3.05, 3.63) is 0 Å². The van der Waals surface area contributed by atoms with Crippen LogP contribution in [-0.2, 0) is 15.9 Å². The summed E-state index contributed by atoms with van der Waals surface area (Å²) in [6, 6.07) is 0. The normalized spacial score (nSPS) is 56.0. The van der Waals surface area contributed by atoms with E-state index in [9.17, 15) is 13.6 Å². The molecule has 0 N–H and O–H groups in total. The van der Waals surface area contributed by atoms with Crippen LogP contribution >= 0.6 is 0 Å². The van der Waals surface area contributed by atoms with E-state index in [-0.39, 0.29) is 16.6 Å². The molecule has 0 aromatic rings. The predicted octanol–water partition coefficient (Wildman–Crippen LogP) is 0.871. The minimum atomic E-state index is -2.00. The van der Waals surface area contributed by atoms with Crippen LogP contribution in [0.25, 0.3) is 0 Å². The minimum absolute atomic E-state index is 0.153. The Hall–Kier alpha value is -0.220. The molecule has 0 aromatic carbocycles. The molecule has 3 nitrogen and oxygen atoms in total. The molecule has 0 amide bonds. The molecule has 3 aliphatic carbocycles. The molecule has 0 aliphatic heterocycles. The van der Waals surface area contributed by atoms with E-state index in [4.69, 9.17) is 0 Å². The lowest BCUT2D eigenvalue weighted by Gasteiger charge is -2.80. The fourth-order valence-corrected chi connectivity index (χ4v) is 5.47. The SMILES string of the molecule is CC1C2CC(=O)C23CCC13CS(=O)[O-]. The van der Waals surface area contributed by atoms with Gasteiger partial charge >= 0.3 is 0 Å². The molecule has 0 aromatic heterocycles. The van der Waals surface area contributed by atoms with Gasteiger partial charge in [0.05, 0.1) is 0 Å². The molecule has 1 spiro atoms. The molecule has 3 saturated carbocycles. The zero-order chi connectivity index (χ0) is 10.1. The van der Waals surface area contributed by atoms with Crippen molar-refractivity contribution in [2.24, 2.45) is 22.7 Å². The van der Waals surface area contributed by atoms with E-state index in [0.29, 0.717) is 24.0 Å². The number of carbonyl (C=O) groups excluding carboxylic acids is 1. The third-order valence-corrected chi connectivity index (χ3v) is 5.99. The molecule has 5 atom stereocenters. The lowest BCUT2D eigenvalue weighted by Crippen LogP contribution is -2.81. The smallest absolute Gasteiger partial charge is 0.140 e. The summed E-state index contributed by atoms with van der Waals surface area (Å²) in [7, 11) is 0. The van der Waals surface area contributed by atoms with Gasteiger partial charge in [-0.15, -0.1) is 0 Å². The van der Waals surface area contributed by atoms with Crippen LogP contribution in [0.1, 0.15) is 26.2 Å². The standard InChI is InChI=1S/C10H14O3S/c1-6-7-4-8(11)10(7)3-2-9(6,10)5-14(12)13/h6-7H,2-5H2,1H3,(H,12,13)/p-1. The maximum Gasteiger partial charge on any atom is 0.140 e. The van der Waals surface area contributed by atoms with E-state index in [1.807, 2.05) is 0 Å². The number of carbonyl (C=O) groups is 1. The second-order valence-corrected chi connectivity index (χ2v) is 5.99. The van der Waals surface area contributed by atoms with E-state index < -0.39 is 11.1 Å². The Bertz CT molecular complexity index is 353. The van der Waals surface area contributed by atoms with Crippen molar-refractivity contribution in [2.45, 2.75) is 26.2 Å². The first kappa shape index (κ1) is 9.04. The fraction of sp³-hybridized carbons (Fsp3) is 0.900. The average Bonchev–Trinajstić information content (AvgIpc) is 2.06. The van der Waals surface area contributed by atoms with Crippen LogP contribution in [0.4, 0.5) is 0 Å². The Morgan fingerprint density at radius 1 is 1.57 bits per heavy atom. The predicted molar refractivity (Wildman–Crippen MR) is 50.2 cm³/mol. The lowest BCUT2D eigenvalue weighted by molar-refractivity contribution is -0.286. The van der Waals surface area contributed by atoms with Crippen LogP contribution in [0.3, 0.4) is 0 Å². The van der Waals surface area contributed by atoms with Crippen molar-refractivity contribution < 1.29 is 13.6 Å². The van der Waals surface area contributed by atoms with Gasteiger partial charge in [-0.05, 0) is 30.1 Å². The summed E-state index contributed by atoms with van der Waals surface area (Å²) in [5.41, 5.74) is -0.327. The molecular formula is C10H13O3S-. The number of hydrogen-bond acceptors (Lipinski definition) is 3. The van der Waals surface area contributed by atoms with E-state index in [1.54, 1.807) is 0 Å². The van der Waals surface area contributed by atoms with Crippen LogP contribution in [0, 0.1) is 22.7 Å².